The van der Waals surface area contributed by atoms with Gasteiger partial charge in [-0.05, 0) is 53.0 Å². The molecule has 2 heterocycles. The number of furan rings is 1. The number of aromatic nitrogens is 2. The minimum absolute atomic E-state index is 0.0225. The van der Waals surface area contributed by atoms with E-state index in [9.17, 15) is 14.9 Å². The van der Waals surface area contributed by atoms with Crippen LogP contribution in [0.1, 0.15) is 28.3 Å². The zero-order valence-corrected chi connectivity index (χ0v) is 17.2. The van der Waals surface area contributed by atoms with Gasteiger partial charge in [0.25, 0.3) is 5.91 Å². The van der Waals surface area contributed by atoms with Gasteiger partial charge in [-0.3, -0.25) is 19.6 Å². The smallest absolute Gasteiger partial charge is 0.311 e. The Bertz CT molecular complexity index is 1010. The number of nitrogens with zero attached hydrogens (tertiary/aromatic N) is 3. The molecule has 0 aliphatic heterocycles. The second kappa shape index (κ2) is 9.37. The number of benzene rings is 1. The van der Waals surface area contributed by atoms with E-state index < -0.39 is 4.92 Å². The van der Waals surface area contributed by atoms with Gasteiger partial charge in [-0.15, -0.1) is 0 Å². The Balaban J connectivity index is 1.49. The van der Waals surface area contributed by atoms with Crippen molar-refractivity contribution >= 4 is 27.5 Å². The third kappa shape index (κ3) is 5.67. The predicted molar refractivity (Wildman–Crippen MR) is 108 cm³/mol. The van der Waals surface area contributed by atoms with Crippen LogP contribution in [0.25, 0.3) is 0 Å². The summed E-state index contributed by atoms with van der Waals surface area (Å²) in [5.74, 6) is 0.364. The Labute approximate surface area is 174 Å². The first-order valence-corrected chi connectivity index (χ1v) is 9.64. The monoisotopic (exact) mass is 462 g/mol. The molecule has 0 radical (unpaired) electrons. The Hall–Kier alpha value is -3.14. The lowest BCUT2D eigenvalue weighted by molar-refractivity contribution is -0.386. The summed E-state index contributed by atoms with van der Waals surface area (Å²) >= 11 is 3.33. The summed E-state index contributed by atoms with van der Waals surface area (Å²) in [6, 6.07) is 7.87. The molecule has 0 fully saturated rings. The van der Waals surface area contributed by atoms with Gasteiger partial charge in [0.15, 0.2) is 11.5 Å². The van der Waals surface area contributed by atoms with Gasteiger partial charge in [-0.1, -0.05) is 6.07 Å². The first-order chi connectivity index (χ1) is 13.9. The Kier molecular flexibility index (Phi) is 6.65. The van der Waals surface area contributed by atoms with Crippen molar-refractivity contribution < 1.29 is 18.9 Å². The first-order valence-electron chi connectivity index (χ1n) is 8.85. The quantitative estimate of drug-likeness (QED) is 0.293. The van der Waals surface area contributed by atoms with Gasteiger partial charge in [0.1, 0.15) is 12.4 Å². The summed E-state index contributed by atoms with van der Waals surface area (Å²) in [5.41, 5.74) is 0.653. The molecule has 0 bridgehead atoms. The summed E-state index contributed by atoms with van der Waals surface area (Å²) in [6.07, 6.45) is 4.28. The van der Waals surface area contributed by atoms with E-state index >= 15 is 0 Å². The van der Waals surface area contributed by atoms with E-state index in [1.807, 2.05) is 6.20 Å². The Morgan fingerprint density at radius 3 is 2.93 bits per heavy atom. The minimum Gasteiger partial charge on any atom is -0.479 e. The molecule has 3 rings (SSSR count). The zero-order chi connectivity index (χ0) is 20.8. The number of nitro benzene ring substituents is 1. The number of carbonyl (C=O) groups excluding carboxylic acids is 1. The lowest BCUT2D eigenvalue weighted by Crippen LogP contribution is -2.24. The van der Waals surface area contributed by atoms with Crippen molar-refractivity contribution in [1.29, 1.82) is 0 Å². The molecule has 1 aromatic carbocycles. The van der Waals surface area contributed by atoms with Crippen molar-refractivity contribution in [1.82, 2.24) is 15.1 Å². The second-order valence-electron chi connectivity index (χ2n) is 6.31. The number of nitrogens with one attached hydrogen (secondary N) is 1. The highest BCUT2D eigenvalue weighted by Gasteiger charge is 2.16. The van der Waals surface area contributed by atoms with E-state index in [1.165, 1.54) is 6.07 Å². The topological polar surface area (TPSA) is 112 Å². The average molecular weight is 463 g/mol. The van der Waals surface area contributed by atoms with E-state index in [4.69, 9.17) is 9.15 Å². The van der Waals surface area contributed by atoms with Crippen LogP contribution in [0.15, 0.2) is 51.6 Å². The highest BCUT2D eigenvalue weighted by molar-refractivity contribution is 9.10. The number of hydrogen-bond acceptors (Lipinski definition) is 6. The first kappa shape index (κ1) is 20.6. The van der Waals surface area contributed by atoms with Crippen LogP contribution in [-0.2, 0) is 13.2 Å². The third-order valence-corrected chi connectivity index (χ3v) is 4.43. The molecule has 1 N–H and O–H groups in total. The van der Waals surface area contributed by atoms with Gasteiger partial charge in [-0.2, -0.15) is 5.10 Å². The van der Waals surface area contributed by atoms with E-state index in [0.717, 1.165) is 10.0 Å². The molecule has 0 atom stereocenters. The molecule has 29 heavy (non-hydrogen) atoms. The van der Waals surface area contributed by atoms with Crippen LogP contribution in [0.5, 0.6) is 5.75 Å². The van der Waals surface area contributed by atoms with E-state index in [2.05, 4.69) is 26.3 Å². The van der Waals surface area contributed by atoms with Crippen molar-refractivity contribution in [2.45, 2.75) is 26.5 Å². The van der Waals surface area contributed by atoms with Crippen molar-refractivity contribution in [2.75, 3.05) is 6.54 Å². The fraction of sp³-hybridized carbons (Fsp3) is 0.263. The number of hydrogen-bond donors (Lipinski definition) is 1. The molecule has 9 nitrogen and oxygen atoms in total. The SMILES string of the molecule is Cc1ccc(OCc2ccc(C(=O)NCCCn3cc(Br)cn3)o2)c([N+](=O)[O-])c1. The van der Waals surface area contributed by atoms with Crippen molar-refractivity contribution in [3.8, 4) is 5.75 Å². The van der Waals surface area contributed by atoms with Crippen LogP contribution < -0.4 is 10.1 Å². The van der Waals surface area contributed by atoms with Crippen molar-refractivity contribution in [3.63, 3.8) is 0 Å². The van der Waals surface area contributed by atoms with Crippen molar-refractivity contribution in [3.05, 3.63) is 74.4 Å². The van der Waals surface area contributed by atoms with Crippen molar-refractivity contribution in [2.24, 2.45) is 0 Å². The molecule has 0 saturated heterocycles. The average Bonchev–Trinajstić information content (AvgIpc) is 3.33. The maximum atomic E-state index is 12.2. The van der Waals surface area contributed by atoms with E-state index in [-0.39, 0.29) is 29.7 Å². The predicted octanol–water partition coefficient (Wildman–Crippen LogP) is 3.85. The lowest BCUT2D eigenvalue weighted by Gasteiger charge is -2.06. The highest BCUT2D eigenvalue weighted by atomic mass is 79.9. The van der Waals surface area contributed by atoms with Gasteiger partial charge in [0.2, 0.25) is 0 Å². The number of rotatable bonds is 9. The Morgan fingerprint density at radius 2 is 2.21 bits per heavy atom. The van der Waals surface area contributed by atoms with Crippen LogP contribution in [0.3, 0.4) is 0 Å². The summed E-state index contributed by atoms with van der Waals surface area (Å²) in [6.45, 7) is 2.89. The molecule has 0 spiro atoms. The van der Waals surface area contributed by atoms with Gasteiger partial charge in [0, 0.05) is 25.4 Å². The summed E-state index contributed by atoms with van der Waals surface area (Å²) in [7, 11) is 0. The number of ether oxygens (including phenoxy) is 1. The van der Waals surface area contributed by atoms with Crippen LogP contribution in [-0.4, -0.2) is 27.2 Å². The fourth-order valence-electron chi connectivity index (χ4n) is 2.61. The minimum atomic E-state index is -0.495. The third-order valence-electron chi connectivity index (χ3n) is 4.02. The summed E-state index contributed by atoms with van der Waals surface area (Å²) in [4.78, 5) is 22.8. The number of aryl methyl sites for hydroxylation is 2. The largest absolute Gasteiger partial charge is 0.479 e. The van der Waals surface area contributed by atoms with Crippen LogP contribution >= 0.6 is 15.9 Å². The van der Waals surface area contributed by atoms with E-state index in [1.54, 1.807) is 42.1 Å². The molecule has 152 valence electrons. The van der Waals surface area contributed by atoms with Gasteiger partial charge < -0.3 is 14.5 Å². The van der Waals surface area contributed by atoms with Gasteiger partial charge in [-0.25, -0.2) is 0 Å². The molecule has 0 aliphatic rings. The molecule has 2 aromatic heterocycles. The molecular formula is C19H19BrN4O5. The zero-order valence-electron chi connectivity index (χ0n) is 15.6. The molecule has 0 aliphatic carbocycles. The Morgan fingerprint density at radius 1 is 1.38 bits per heavy atom. The molecule has 1 amide bonds. The number of halogens is 1. The van der Waals surface area contributed by atoms with Crippen LogP contribution in [0.4, 0.5) is 5.69 Å². The van der Waals surface area contributed by atoms with E-state index in [0.29, 0.717) is 25.3 Å². The summed E-state index contributed by atoms with van der Waals surface area (Å²) < 4.78 is 13.7. The fourth-order valence-corrected chi connectivity index (χ4v) is 2.94. The molecule has 10 heteroatoms. The molecule has 3 aromatic rings. The number of amides is 1. The molecule has 0 saturated carbocycles. The standard InChI is InChI=1S/C19H19BrN4O5/c1-13-3-5-17(16(9-13)24(26)27)28-12-15-4-6-18(29-15)19(25)21-7-2-8-23-11-14(20)10-22-23/h3-6,9-11H,2,7-8,12H2,1H3,(H,21,25). The normalized spacial score (nSPS) is 10.7. The molecule has 0 unspecified atom stereocenters. The highest BCUT2D eigenvalue weighted by Crippen LogP contribution is 2.28. The summed E-state index contributed by atoms with van der Waals surface area (Å²) in [5, 5.41) is 18.1. The van der Waals surface area contributed by atoms with Crippen LogP contribution in [0, 0.1) is 17.0 Å². The maximum Gasteiger partial charge on any atom is 0.311 e. The number of nitro groups is 1. The maximum absolute atomic E-state index is 12.2. The van der Waals surface area contributed by atoms with Crippen LogP contribution in [0.2, 0.25) is 0 Å². The van der Waals surface area contributed by atoms with Gasteiger partial charge >= 0.3 is 5.69 Å². The number of carbonyl (C=O) groups is 1. The van der Waals surface area contributed by atoms with Gasteiger partial charge in [0.05, 0.1) is 15.6 Å². The lowest BCUT2D eigenvalue weighted by atomic mass is 10.2. The second-order valence-corrected chi connectivity index (χ2v) is 7.23. The molecular weight excluding hydrogens is 444 g/mol.